The topological polar surface area (TPSA) is 143 Å². The smallest absolute Gasteiger partial charge is 0.407 e. The molecule has 0 saturated carbocycles. The van der Waals surface area contributed by atoms with E-state index in [-0.39, 0.29) is 36.3 Å². The highest BCUT2D eigenvalue weighted by Crippen LogP contribution is 2.27. The van der Waals surface area contributed by atoms with E-state index in [9.17, 15) is 23.1 Å². The van der Waals surface area contributed by atoms with Crippen molar-refractivity contribution in [1.82, 2.24) is 14.9 Å². The third kappa shape index (κ3) is 10.7. The Hall–Kier alpha value is -4.13. The van der Waals surface area contributed by atoms with Gasteiger partial charge in [0, 0.05) is 25.6 Å². The first-order valence-corrected chi connectivity index (χ1v) is 17.1. The predicted octanol–water partition coefficient (Wildman–Crippen LogP) is 4.63. The molecule has 3 aromatic rings. The summed E-state index contributed by atoms with van der Waals surface area (Å²) >= 11 is 0. The number of rotatable bonds is 18. The third-order valence-electron chi connectivity index (χ3n) is 7.73. The van der Waals surface area contributed by atoms with Gasteiger partial charge in [0.2, 0.25) is 15.9 Å². The van der Waals surface area contributed by atoms with Gasteiger partial charge in [0.15, 0.2) is 0 Å². The van der Waals surface area contributed by atoms with Gasteiger partial charge in [-0.25, -0.2) is 13.2 Å². The lowest BCUT2D eigenvalue weighted by atomic mass is 9.94. The number of nitrogens with zero attached hydrogens (tertiary/aromatic N) is 1. The Morgan fingerprint density at radius 2 is 1.49 bits per heavy atom. The number of ether oxygens (including phenoxy) is 3. The van der Waals surface area contributed by atoms with Crippen molar-refractivity contribution in [2.45, 2.75) is 56.5 Å². The Morgan fingerprint density at radius 3 is 2.06 bits per heavy atom. The highest BCUT2D eigenvalue weighted by Gasteiger charge is 2.31. The second kappa shape index (κ2) is 18.3. The zero-order chi connectivity index (χ0) is 34.4. The molecule has 3 aromatic carbocycles. The van der Waals surface area contributed by atoms with Gasteiger partial charge in [-0.05, 0) is 71.8 Å². The molecule has 47 heavy (non-hydrogen) atoms. The number of aliphatic hydroxyl groups excluding tert-OH is 1. The Kier molecular flexibility index (Phi) is 14.5. The van der Waals surface area contributed by atoms with E-state index in [2.05, 4.69) is 10.6 Å². The van der Waals surface area contributed by atoms with Crippen molar-refractivity contribution in [1.29, 1.82) is 0 Å². The van der Waals surface area contributed by atoms with Gasteiger partial charge in [-0.3, -0.25) is 4.79 Å². The van der Waals surface area contributed by atoms with Crippen LogP contribution in [0.5, 0.6) is 11.5 Å². The fourth-order valence-corrected chi connectivity index (χ4v) is 7.04. The number of carbonyl (C=O) groups excluding carboxylic acids is 2. The summed E-state index contributed by atoms with van der Waals surface area (Å²) in [4.78, 5) is 25.6. The van der Waals surface area contributed by atoms with Gasteiger partial charge >= 0.3 is 6.09 Å². The number of aliphatic hydroxyl groups is 1. The number of nitrogens with one attached hydrogen (secondary N) is 2. The number of methoxy groups -OCH3 is 3. The van der Waals surface area contributed by atoms with Crippen molar-refractivity contribution >= 4 is 22.0 Å². The van der Waals surface area contributed by atoms with Crippen LogP contribution in [0.15, 0.2) is 77.7 Å². The summed E-state index contributed by atoms with van der Waals surface area (Å²) in [6.45, 7) is 4.05. The number of sulfonamides is 1. The molecule has 3 rings (SSSR count). The fourth-order valence-electron chi connectivity index (χ4n) is 5.23. The largest absolute Gasteiger partial charge is 0.497 e. The van der Waals surface area contributed by atoms with Gasteiger partial charge < -0.3 is 30.0 Å². The maximum Gasteiger partial charge on any atom is 0.407 e. The van der Waals surface area contributed by atoms with E-state index >= 15 is 0 Å². The van der Waals surface area contributed by atoms with E-state index < -0.39 is 28.2 Å². The molecule has 0 unspecified atom stereocenters. The summed E-state index contributed by atoms with van der Waals surface area (Å²) in [7, 11) is 0.474. The molecule has 3 N–H and O–H groups in total. The van der Waals surface area contributed by atoms with Crippen LogP contribution in [0.2, 0.25) is 0 Å². The molecule has 256 valence electrons. The first-order chi connectivity index (χ1) is 22.5. The summed E-state index contributed by atoms with van der Waals surface area (Å²) in [5, 5.41) is 15.8. The van der Waals surface area contributed by atoms with Gasteiger partial charge in [-0.2, -0.15) is 4.31 Å². The minimum atomic E-state index is -3.88. The molecule has 0 bridgehead atoms. The van der Waals surface area contributed by atoms with Crippen LogP contribution in [0.25, 0.3) is 11.1 Å². The minimum absolute atomic E-state index is 0.0328. The van der Waals surface area contributed by atoms with Crippen LogP contribution in [0.3, 0.4) is 0 Å². The van der Waals surface area contributed by atoms with Crippen molar-refractivity contribution in [3.63, 3.8) is 0 Å². The van der Waals surface area contributed by atoms with E-state index in [4.69, 9.17) is 14.2 Å². The van der Waals surface area contributed by atoms with Gasteiger partial charge in [-0.1, -0.05) is 56.7 Å². The monoisotopic (exact) mass is 669 g/mol. The van der Waals surface area contributed by atoms with Crippen molar-refractivity contribution in [2.24, 2.45) is 5.92 Å². The Bertz CT molecular complexity index is 1530. The van der Waals surface area contributed by atoms with Crippen molar-refractivity contribution < 1.29 is 37.3 Å². The molecule has 0 fully saturated rings. The second-order valence-electron chi connectivity index (χ2n) is 11.5. The number of unbranched alkanes of at least 4 members (excludes halogenated alkanes) is 1. The standard InChI is InChI=1S/C35H47N3O8S/c1-25(2)23-38(47(42,43)31-19-17-30(45-4)18-20-31)28(24-39)11-8-9-21-36-34(40)33(37-35(41)46-5)22-27-10-6-7-12-32(27)26-13-15-29(44-3)16-14-26/h6-7,10,12-20,25,28,33,39H,8-9,11,21-24H2,1-5H3,(H,36,40)(H,37,41)/t28-,33-/m0/s1. The Balaban J connectivity index is 1.65. The van der Waals surface area contributed by atoms with Crippen LogP contribution in [-0.4, -0.2) is 82.9 Å². The molecule has 0 aliphatic heterocycles. The summed E-state index contributed by atoms with van der Waals surface area (Å²) in [6, 6.07) is 19.9. The predicted molar refractivity (Wildman–Crippen MR) is 181 cm³/mol. The molecule has 0 heterocycles. The molecule has 0 aliphatic rings. The third-order valence-corrected chi connectivity index (χ3v) is 9.66. The average Bonchev–Trinajstić information content (AvgIpc) is 3.08. The zero-order valence-electron chi connectivity index (χ0n) is 27.8. The van der Waals surface area contributed by atoms with E-state index in [1.165, 1.54) is 30.7 Å². The summed E-state index contributed by atoms with van der Waals surface area (Å²) < 4.78 is 43.8. The molecule has 0 aliphatic carbocycles. The molecule has 0 aromatic heterocycles. The zero-order valence-corrected chi connectivity index (χ0v) is 28.6. The first-order valence-electron chi connectivity index (χ1n) is 15.6. The number of carbonyl (C=O) groups is 2. The Morgan fingerprint density at radius 1 is 0.872 bits per heavy atom. The molecular formula is C35H47N3O8S. The fraction of sp³-hybridized carbons (Fsp3) is 0.429. The van der Waals surface area contributed by atoms with Crippen LogP contribution in [0.1, 0.15) is 38.7 Å². The van der Waals surface area contributed by atoms with Crippen LogP contribution in [-0.2, 0) is 26.0 Å². The minimum Gasteiger partial charge on any atom is -0.497 e. The molecular weight excluding hydrogens is 622 g/mol. The lowest BCUT2D eigenvalue weighted by Gasteiger charge is -2.31. The number of hydrogen-bond acceptors (Lipinski definition) is 8. The van der Waals surface area contributed by atoms with Gasteiger partial charge in [-0.15, -0.1) is 0 Å². The summed E-state index contributed by atoms with van der Waals surface area (Å²) in [5.41, 5.74) is 2.73. The van der Waals surface area contributed by atoms with E-state index in [0.29, 0.717) is 31.6 Å². The van der Waals surface area contributed by atoms with Crippen LogP contribution < -0.4 is 20.1 Å². The normalized spacial score (nSPS) is 12.8. The van der Waals surface area contributed by atoms with Crippen LogP contribution in [0, 0.1) is 5.92 Å². The number of hydrogen-bond donors (Lipinski definition) is 3. The van der Waals surface area contributed by atoms with Gasteiger partial charge in [0.1, 0.15) is 17.5 Å². The maximum atomic E-state index is 13.6. The highest BCUT2D eigenvalue weighted by molar-refractivity contribution is 7.89. The second-order valence-corrected chi connectivity index (χ2v) is 13.4. The lowest BCUT2D eigenvalue weighted by Crippen LogP contribution is -2.48. The number of alkyl carbamates (subject to hydrolysis) is 1. The van der Waals surface area contributed by atoms with E-state index in [1.54, 1.807) is 19.2 Å². The Labute approximate surface area is 278 Å². The molecule has 2 amide bonds. The number of amides is 2. The van der Waals surface area contributed by atoms with E-state index in [1.807, 2.05) is 62.4 Å². The first kappa shape index (κ1) is 37.3. The lowest BCUT2D eigenvalue weighted by molar-refractivity contribution is -0.123. The summed E-state index contributed by atoms with van der Waals surface area (Å²) in [5.74, 6) is 0.936. The van der Waals surface area contributed by atoms with Gasteiger partial charge in [0.25, 0.3) is 0 Å². The van der Waals surface area contributed by atoms with Crippen molar-refractivity contribution in [3.8, 4) is 22.6 Å². The SMILES string of the molecule is COC(=O)N[C@@H](Cc1ccccc1-c1ccc(OC)cc1)C(=O)NCCCC[C@@H](CO)N(CC(C)C)S(=O)(=O)c1ccc(OC)cc1. The molecule has 0 radical (unpaired) electrons. The average molecular weight is 670 g/mol. The molecule has 12 heteroatoms. The number of benzene rings is 3. The van der Waals surface area contributed by atoms with Crippen LogP contribution in [0.4, 0.5) is 4.79 Å². The molecule has 0 saturated heterocycles. The van der Waals surface area contributed by atoms with Gasteiger partial charge in [0.05, 0.1) is 32.8 Å². The maximum absolute atomic E-state index is 13.6. The molecule has 0 spiro atoms. The van der Waals surface area contributed by atoms with Crippen molar-refractivity contribution in [3.05, 3.63) is 78.4 Å². The van der Waals surface area contributed by atoms with E-state index in [0.717, 1.165) is 22.4 Å². The van der Waals surface area contributed by atoms with Crippen LogP contribution >= 0.6 is 0 Å². The molecule has 2 atom stereocenters. The highest BCUT2D eigenvalue weighted by atomic mass is 32.2. The van der Waals surface area contributed by atoms with Crippen molar-refractivity contribution in [2.75, 3.05) is 41.0 Å². The quantitative estimate of drug-likeness (QED) is 0.166. The summed E-state index contributed by atoms with van der Waals surface area (Å²) in [6.07, 6.45) is 0.985. The molecule has 11 nitrogen and oxygen atoms in total.